The average molecular weight is 399 g/mol. The fourth-order valence-electron chi connectivity index (χ4n) is 4.50. The Morgan fingerprint density at radius 2 is 2.07 bits per heavy atom. The zero-order valence-electron chi connectivity index (χ0n) is 17.2. The second-order valence-electron chi connectivity index (χ2n) is 8.39. The summed E-state index contributed by atoms with van der Waals surface area (Å²) in [6.07, 6.45) is 12.3. The Labute approximate surface area is 169 Å². The van der Waals surface area contributed by atoms with Crippen LogP contribution in [0.15, 0.2) is 12.2 Å². The molecule has 2 aliphatic rings. The first kappa shape index (κ1) is 22.8. The number of methoxy groups -OCH3 is 1. The van der Waals surface area contributed by atoms with Crippen LogP contribution in [0.3, 0.4) is 0 Å². The summed E-state index contributed by atoms with van der Waals surface area (Å²) in [4.78, 5) is 11.2. The molecule has 1 aliphatic carbocycles. The molecule has 1 heterocycles. The highest BCUT2D eigenvalue weighted by Crippen LogP contribution is 2.52. The van der Waals surface area contributed by atoms with Crippen LogP contribution in [0.4, 0.5) is 0 Å². The smallest absolute Gasteiger partial charge is 0.305 e. The van der Waals surface area contributed by atoms with Crippen molar-refractivity contribution in [3.8, 4) is 0 Å². The molecule has 5 heteroatoms. The Balaban J connectivity index is 1.78. The fraction of sp³-hybridized carbons (Fsp3) is 0.864. The molecule has 1 aliphatic heterocycles. The molecule has 0 aromatic carbocycles. The molecule has 2 fully saturated rings. The lowest BCUT2D eigenvalue weighted by molar-refractivity contribution is -0.140. The van der Waals surface area contributed by atoms with E-state index in [2.05, 4.69) is 19.9 Å². The van der Waals surface area contributed by atoms with Crippen molar-refractivity contribution < 1.29 is 19.7 Å². The minimum Gasteiger partial charge on any atom is -0.469 e. The molecule has 0 amide bonds. The number of ether oxygens (including phenoxy) is 1. The lowest BCUT2D eigenvalue weighted by Gasteiger charge is -2.20. The number of carbonyl (C=O) groups is 1. The number of thioether (sulfide) groups is 1. The lowest BCUT2D eigenvalue weighted by Crippen LogP contribution is -2.20. The van der Waals surface area contributed by atoms with Gasteiger partial charge in [-0.25, -0.2) is 0 Å². The fourth-order valence-corrected chi connectivity index (χ4v) is 6.44. The Bertz CT molecular complexity index is 481. The average Bonchev–Trinajstić information content (AvgIpc) is 3.17. The van der Waals surface area contributed by atoms with Crippen molar-refractivity contribution in [2.45, 2.75) is 94.3 Å². The Morgan fingerprint density at radius 3 is 2.78 bits per heavy atom. The topological polar surface area (TPSA) is 66.8 Å². The third-order valence-electron chi connectivity index (χ3n) is 6.30. The van der Waals surface area contributed by atoms with Gasteiger partial charge in [0, 0.05) is 22.8 Å². The second kappa shape index (κ2) is 11.5. The van der Waals surface area contributed by atoms with E-state index in [9.17, 15) is 15.0 Å². The van der Waals surface area contributed by atoms with Crippen LogP contribution in [0.1, 0.15) is 71.6 Å². The number of aliphatic hydroxyl groups excluding tert-OH is 2. The first-order chi connectivity index (χ1) is 13.0. The zero-order chi connectivity index (χ0) is 19.8. The highest BCUT2D eigenvalue weighted by Gasteiger charge is 2.47. The molecular formula is C22H38O4S. The van der Waals surface area contributed by atoms with Crippen molar-refractivity contribution in [3.63, 3.8) is 0 Å². The maximum Gasteiger partial charge on any atom is 0.305 e. The maximum absolute atomic E-state index is 11.2. The molecule has 0 spiro atoms. The molecule has 1 unspecified atom stereocenters. The van der Waals surface area contributed by atoms with E-state index >= 15 is 0 Å². The van der Waals surface area contributed by atoms with E-state index in [4.69, 9.17) is 4.74 Å². The van der Waals surface area contributed by atoms with Gasteiger partial charge in [0.1, 0.15) is 0 Å². The molecule has 1 saturated carbocycles. The first-order valence-corrected chi connectivity index (χ1v) is 11.7. The summed E-state index contributed by atoms with van der Waals surface area (Å²) < 4.78 is 4.69. The number of fused-ring (bicyclic) bond motifs is 1. The van der Waals surface area contributed by atoms with E-state index in [1.807, 2.05) is 17.8 Å². The summed E-state index contributed by atoms with van der Waals surface area (Å²) in [7, 11) is 1.44. The van der Waals surface area contributed by atoms with Gasteiger partial charge < -0.3 is 14.9 Å². The molecule has 4 nitrogen and oxygen atoms in total. The van der Waals surface area contributed by atoms with Crippen molar-refractivity contribution >= 4 is 17.7 Å². The zero-order valence-corrected chi connectivity index (χ0v) is 18.0. The molecule has 27 heavy (non-hydrogen) atoms. The third-order valence-corrected chi connectivity index (χ3v) is 8.01. The minimum atomic E-state index is -0.411. The summed E-state index contributed by atoms with van der Waals surface area (Å²) in [6, 6.07) is 0. The maximum atomic E-state index is 11.2. The normalized spacial score (nSPS) is 32.6. The molecule has 7 atom stereocenters. The van der Waals surface area contributed by atoms with Gasteiger partial charge in [-0.15, -0.1) is 0 Å². The van der Waals surface area contributed by atoms with E-state index < -0.39 is 6.10 Å². The molecule has 2 rings (SSSR count). The van der Waals surface area contributed by atoms with E-state index in [0.717, 1.165) is 51.4 Å². The highest BCUT2D eigenvalue weighted by molar-refractivity contribution is 8.00. The molecule has 156 valence electrons. The predicted molar refractivity (Wildman–Crippen MR) is 112 cm³/mol. The summed E-state index contributed by atoms with van der Waals surface area (Å²) in [5, 5.41) is 22.0. The van der Waals surface area contributed by atoms with Crippen molar-refractivity contribution in [1.82, 2.24) is 0 Å². The minimum absolute atomic E-state index is 0.119. The van der Waals surface area contributed by atoms with Gasteiger partial charge in [0.15, 0.2) is 0 Å². The van der Waals surface area contributed by atoms with Crippen LogP contribution < -0.4 is 0 Å². The van der Waals surface area contributed by atoms with Crippen LogP contribution in [0.2, 0.25) is 0 Å². The molecule has 2 N–H and O–H groups in total. The summed E-state index contributed by atoms with van der Waals surface area (Å²) in [6.45, 7) is 4.28. The number of carbonyl (C=O) groups excluding carboxylic acids is 1. The van der Waals surface area contributed by atoms with Crippen molar-refractivity contribution in [2.75, 3.05) is 7.11 Å². The van der Waals surface area contributed by atoms with Gasteiger partial charge in [-0.3, -0.25) is 4.79 Å². The molecule has 0 bridgehead atoms. The summed E-state index contributed by atoms with van der Waals surface area (Å²) >= 11 is 2.03. The number of aliphatic hydroxyl groups is 2. The number of esters is 1. The van der Waals surface area contributed by atoms with Crippen LogP contribution in [0, 0.1) is 17.8 Å². The van der Waals surface area contributed by atoms with Crippen molar-refractivity contribution in [3.05, 3.63) is 12.2 Å². The Morgan fingerprint density at radius 1 is 1.30 bits per heavy atom. The van der Waals surface area contributed by atoms with Crippen LogP contribution in [0.5, 0.6) is 0 Å². The first-order valence-electron chi connectivity index (χ1n) is 10.7. The van der Waals surface area contributed by atoms with Gasteiger partial charge in [-0.2, -0.15) is 11.8 Å². The second-order valence-corrected chi connectivity index (χ2v) is 9.94. The number of rotatable bonds is 11. The van der Waals surface area contributed by atoms with Crippen molar-refractivity contribution in [1.29, 1.82) is 0 Å². The Hall–Kier alpha value is -0.520. The number of unbranched alkanes of at least 4 members (excludes halogenated alkanes) is 2. The van der Waals surface area contributed by atoms with Gasteiger partial charge >= 0.3 is 5.97 Å². The molecule has 0 aromatic rings. The molecule has 0 radical (unpaired) electrons. The molecular weight excluding hydrogens is 360 g/mol. The van der Waals surface area contributed by atoms with E-state index in [1.165, 1.54) is 7.11 Å². The standard InChI is InChI=1S/C22H38O4S/c1-4-5-8-15(2)19(23)12-11-17-18-13-16(27-21(18)14-20(17)24)9-6-7-10-22(25)26-3/h11-12,15-21,23-24H,4-10,13-14H2,1-3H3/t15-,16?,17-,18-,19-,20-,21-/m1/s1. The molecule has 0 aromatic heterocycles. The van der Waals surface area contributed by atoms with Crippen LogP contribution in [-0.2, 0) is 9.53 Å². The van der Waals surface area contributed by atoms with Gasteiger partial charge in [0.25, 0.3) is 0 Å². The van der Waals surface area contributed by atoms with Gasteiger partial charge in [0.05, 0.1) is 19.3 Å². The van der Waals surface area contributed by atoms with Crippen LogP contribution in [0.25, 0.3) is 0 Å². The highest BCUT2D eigenvalue weighted by atomic mass is 32.2. The van der Waals surface area contributed by atoms with Crippen LogP contribution >= 0.6 is 11.8 Å². The third kappa shape index (κ3) is 6.79. The predicted octanol–water partition coefficient (Wildman–Crippen LogP) is 4.33. The SMILES string of the molecule is CCCC[C@@H](C)[C@H](O)C=C[C@@H]1[C@H]2CC(CCCCC(=O)OC)S[C@@H]2C[C@H]1O. The monoisotopic (exact) mass is 398 g/mol. The van der Waals surface area contributed by atoms with E-state index in [0.29, 0.717) is 22.8 Å². The van der Waals surface area contributed by atoms with Gasteiger partial charge in [0.2, 0.25) is 0 Å². The van der Waals surface area contributed by atoms with Crippen LogP contribution in [-0.4, -0.2) is 46.0 Å². The quantitative estimate of drug-likeness (QED) is 0.308. The molecule has 1 saturated heterocycles. The van der Waals surface area contributed by atoms with Crippen molar-refractivity contribution in [2.24, 2.45) is 17.8 Å². The number of hydrogen-bond donors (Lipinski definition) is 2. The summed E-state index contributed by atoms with van der Waals surface area (Å²) in [5.74, 6) is 0.850. The lowest BCUT2D eigenvalue weighted by atomic mass is 9.88. The Kier molecular flexibility index (Phi) is 9.67. The van der Waals surface area contributed by atoms with E-state index in [-0.39, 0.29) is 23.9 Å². The van der Waals surface area contributed by atoms with E-state index in [1.54, 1.807) is 0 Å². The number of hydrogen-bond acceptors (Lipinski definition) is 5. The summed E-state index contributed by atoms with van der Waals surface area (Å²) in [5.41, 5.74) is 0. The van der Waals surface area contributed by atoms with Gasteiger partial charge in [-0.1, -0.05) is 45.3 Å². The largest absolute Gasteiger partial charge is 0.469 e. The van der Waals surface area contributed by atoms with Gasteiger partial charge in [-0.05, 0) is 43.9 Å².